The van der Waals surface area contributed by atoms with Gasteiger partial charge in [0.1, 0.15) is 5.75 Å². The molecular formula is C12H14N2O7. The molecule has 0 radical (unpaired) electrons. The number of rotatable bonds is 9. The van der Waals surface area contributed by atoms with E-state index in [1.807, 2.05) is 0 Å². The summed E-state index contributed by atoms with van der Waals surface area (Å²) in [5.41, 5.74) is -1.21. The van der Waals surface area contributed by atoms with Crippen molar-refractivity contribution in [2.75, 3.05) is 6.61 Å². The number of benzene rings is 1. The molecule has 1 aromatic carbocycles. The summed E-state index contributed by atoms with van der Waals surface area (Å²) in [7, 11) is 0. The summed E-state index contributed by atoms with van der Waals surface area (Å²) in [5.74, 6) is -0.688. The standard InChI is InChI=1S/C12H14N2O7/c15-12(16)4-2-1-3-7-21-9-5-6-10(13(17)18)11(8-9)14(19)20/h5-6,8H,1-4,7H2,(H,15,16). The van der Waals surface area contributed by atoms with Crippen LogP contribution in [0.5, 0.6) is 5.75 Å². The van der Waals surface area contributed by atoms with Gasteiger partial charge in [0.05, 0.1) is 22.5 Å². The number of hydrogen-bond donors (Lipinski definition) is 1. The maximum absolute atomic E-state index is 10.7. The number of unbranched alkanes of at least 4 members (excludes halogenated alkanes) is 2. The van der Waals surface area contributed by atoms with Gasteiger partial charge < -0.3 is 9.84 Å². The fraction of sp³-hybridized carbons (Fsp3) is 0.417. The van der Waals surface area contributed by atoms with Gasteiger partial charge in [0.15, 0.2) is 0 Å². The van der Waals surface area contributed by atoms with E-state index >= 15 is 0 Å². The van der Waals surface area contributed by atoms with E-state index in [0.717, 1.165) is 12.1 Å². The van der Waals surface area contributed by atoms with Crippen LogP contribution in [0.15, 0.2) is 18.2 Å². The minimum absolute atomic E-state index is 0.0863. The van der Waals surface area contributed by atoms with E-state index in [-0.39, 0.29) is 18.8 Å². The van der Waals surface area contributed by atoms with Crippen LogP contribution in [0.3, 0.4) is 0 Å². The van der Waals surface area contributed by atoms with Gasteiger partial charge >= 0.3 is 17.3 Å². The molecular weight excluding hydrogens is 284 g/mol. The van der Waals surface area contributed by atoms with Crippen molar-refractivity contribution in [3.05, 3.63) is 38.4 Å². The van der Waals surface area contributed by atoms with Gasteiger partial charge in [-0.25, -0.2) is 0 Å². The molecule has 0 bridgehead atoms. The molecule has 0 aliphatic heterocycles. The van der Waals surface area contributed by atoms with Crippen molar-refractivity contribution in [2.45, 2.75) is 25.7 Å². The average molecular weight is 298 g/mol. The van der Waals surface area contributed by atoms with Gasteiger partial charge in [0.2, 0.25) is 0 Å². The number of carboxylic acids is 1. The molecule has 0 amide bonds. The lowest BCUT2D eigenvalue weighted by molar-refractivity contribution is -0.422. The summed E-state index contributed by atoms with van der Waals surface area (Å²) >= 11 is 0. The van der Waals surface area contributed by atoms with E-state index < -0.39 is 27.2 Å². The van der Waals surface area contributed by atoms with Crippen LogP contribution in [0, 0.1) is 20.2 Å². The van der Waals surface area contributed by atoms with E-state index in [1.165, 1.54) is 6.07 Å². The third kappa shape index (κ3) is 5.43. The molecule has 0 atom stereocenters. The lowest BCUT2D eigenvalue weighted by Crippen LogP contribution is -2.01. The smallest absolute Gasteiger partial charge is 0.349 e. The molecule has 0 aliphatic carbocycles. The van der Waals surface area contributed by atoms with Crippen molar-refractivity contribution in [1.29, 1.82) is 0 Å². The number of aliphatic carboxylic acids is 1. The monoisotopic (exact) mass is 298 g/mol. The van der Waals surface area contributed by atoms with Gasteiger partial charge in [0, 0.05) is 12.5 Å². The SMILES string of the molecule is O=C(O)CCCCCOc1ccc([N+](=O)[O-])c([N+](=O)[O-])c1. The maximum atomic E-state index is 10.7. The van der Waals surface area contributed by atoms with Gasteiger partial charge in [0.25, 0.3) is 0 Å². The van der Waals surface area contributed by atoms with Crippen LogP contribution in [-0.4, -0.2) is 27.5 Å². The van der Waals surface area contributed by atoms with Gasteiger partial charge in [-0.1, -0.05) is 0 Å². The predicted molar refractivity (Wildman–Crippen MR) is 71.3 cm³/mol. The Morgan fingerprint density at radius 1 is 1.10 bits per heavy atom. The molecule has 0 aromatic heterocycles. The lowest BCUT2D eigenvalue weighted by Gasteiger charge is -2.05. The normalized spacial score (nSPS) is 10.1. The first-order valence-electron chi connectivity index (χ1n) is 6.19. The molecule has 0 aliphatic rings. The number of carbonyl (C=O) groups is 1. The first-order valence-corrected chi connectivity index (χ1v) is 6.19. The Labute approximate surface area is 119 Å². The first-order chi connectivity index (χ1) is 9.91. The van der Waals surface area contributed by atoms with Crippen molar-refractivity contribution in [3.8, 4) is 5.75 Å². The molecule has 0 unspecified atom stereocenters. The van der Waals surface area contributed by atoms with Gasteiger partial charge in [-0.3, -0.25) is 25.0 Å². The molecule has 1 rings (SSSR count). The second kappa shape index (κ2) is 7.78. The number of ether oxygens (including phenoxy) is 1. The van der Waals surface area contributed by atoms with Crippen molar-refractivity contribution in [2.24, 2.45) is 0 Å². The molecule has 0 spiro atoms. The van der Waals surface area contributed by atoms with Gasteiger partial charge in [-0.05, 0) is 25.3 Å². The zero-order valence-corrected chi connectivity index (χ0v) is 11.1. The number of carboxylic acid groups (broad SMARTS) is 1. The second-order valence-corrected chi connectivity index (χ2v) is 4.22. The molecule has 0 saturated carbocycles. The Morgan fingerprint density at radius 2 is 1.76 bits per heavy atom. The number of nitro groups is 2. The summed E-state index contributed by atoms with van der Waals surface area (Å²) in [6, 6.07) is 3.33. The van der Waals surface area contributed by atoms with E-state index in [4.69, 9.17) is 9.84 Å². The third-order valence-corrected chi connectivity index (χ3v) is 2.64. The highest BCUT2D eigenvalue weighted by molar-refractivity contribution is 5.66. The Kier molecular flexibility index (Phi) is 6.05. The molecule has 1 N–H and O–H groups in total. The number of nitro benzene ring substituents is 2. The highest BCUT2D eigenvalue weighted by Crippen LogP contribution is 2.30. The largest absolute Gasteiger partial charge is 0.493 e. The minimum atomic E-state index is -0.859. The summed E-state index contributed by atoms with van der Waals surface area (Å²) in [4.78, 5) is 30.0. The van der Waals surface area contributed by atoms with E-state index in [0.29, 0.717) is 19.3 Å². The Hall–Kier alpha value is -2.71. The molecule has 0 saturated heterocycles. The summed E-state index contributed by atoms with van der Waals surface area (Å²) in [5, 5.41) is 29.8. The van der Waals surface area contributed by atoms with E-state index in [2.05, 4.69) is 0 Å². The fourth-order valence-corrected chi connectivity index (χ4v) is 1.64. The van der Waals surface area contributed by atoms with Crippen molar-refractivity contribution >= 4 is 17.3 Å². The van der Waals surface area contributed by atoms with Crippen molar-refractivity contribution in [3.63, 3.8) is 0 Å². The molecule has 0 heterocycles. The summed E-state index contributed by atoms with van der Waals surface area (Å²) < 4.78 is 5.26. The van der Waals surface area contributed by atoms with Crippen LogP contribution in [-0.2, 0) is 4.79 Å². The number of nitrogens with zero attached hydrogens (tertiary/aromatic N) is 2. The molecule has 114 valence electrons. The molecule has 9 heteroatoms. The second-order valence-electron chi connectivity index (χ2n) is 4.22. The first kappa shape index (κ1) is 16.3. The minimum Gasteiger partial charge on any atom is -0.493 e. The van der Waals surface area contributed by atoms with E-state index in [1.54, 1.807) is 0 Å². The average Bonchev–Trinajstić information content (AvgIpc) is 2.41. The van der Waals surface area contributed by atoms with Gasteiger partial charge in [-0.15, -0.1) is 0 Å². The van der Waals surface area contributed by atoms with Crippen LogP contribution < -0.4 is 4.74 Å². The Morgan fingerprint density at radius 3 is 2.33 bits per heavy atom. The van der Waals surface area contributed by atoms with Gasteiger partial charge in [-0.2, -0.15) is 0 Å². The van der Waals surface area contributed by atoms with Crippen LogP contribution in [0.2, 0.25) is 0 Å². The van der Waals surface area contributed by atoms with Crippen molar-refractivity contribution < 1.29 is 24.5 Å². The van der Waals surface area contributed by atoms with Crippen LogP contribution in [0.1, 0.15) is 25.7 Å². The number of hydrogen-bond acceptors (Lipinski definition) is 6. The van der Waals surface area contributed by atoms with Crippen LogP contribution in [0.25, 0.3) is 0 Å². The third-order valence-electron chi connectivity index (χ3n) is 2.64. The van der Waals surface area contributed by atoms with Crippen LogP contribution >= 0.6 is 0 Å². The van der Waals surface area contributed by atoms with Crippen molar-refractivity contribution in [1.82, 2.24) is 0 Å². The molecule has 1 aromatic rings. The zero-order chi connectivity index (χ0) is 15.8. The quantitative estimate of drug-likeness (QED) is 0.420. The summed E-state index contributed by atoms with van der Waals surface area (Å²) in [6.45, 7) is 0.259. The maximum Gasteiger partial charge on any atom is 0.349 e. The fourth-order valence-electron chi connectivity index (χ4n) is 1.64. The Balaban J connectivity index is 2.53. The topological polar surface area (TPSA) is 133 Å². The summed E-state index contributed by atoms with van der Waals surface area (Å²) in [6.07, 6.45) is 1.86. The van der Waals surface area contributed by atoms with E-state index in [9.17, 15) is 25.0 Å². The molecule has 0 fully saturated rings. The lowest BCUT2D eigenvalue weighted by atomic mass is 10.2. The van der Waals surface area contributed by atoms with Crippen LogP contribution in [0.4, 0.5) is 11.4 Å². The predicted octanol–water partition coefficient (Wildman–Crippen LogP) is 2.53. The molecule has 21 heavy (non-hydrogen) atoms. The highest BCUT2D eigenvalue weighted by atomic mass is 16.6. The molecule has 9 nitrogen and oxygen atoms in total. The Bertz CT molecular complexity index is 544. The highest BCUT2D eigenvalue weighted by Gasteiger charge is 2.24. The zero-order valence-electron chi connectivity index (χ0n) is 11.1.